The van der Waals surface area contributed by atoms with Crippen LogP contribution in [0.3, 0.4) is 0 Å². The molecule has 3 rings (SSSR count). The molecule has 0 unspecified atom stereocenters. The van der Waals surface area contributed by atoms with Gasteiger partial charge in [0, 0.05) is 25.2 Å². The molecule has 0 N–H and O–H groups in total. The number of carbonyl (C=O) groups excluding carboxylic acids is 1. The molecule has 4 nitrogen and oxygen atoms in total. The van der Waals surface area contributed by atoms with Gasteiger partial charge in [-0.05, 0) is 43.2 Å². The molecule has 0 bridgehead atoms. The maximum absolute atomic E-state index is 12.7. The highest BCUT2D eigenvalue weighted by Crippen LogP contribution is 2.30. The number of nitrogens with zero attached hydrogens (tertiary/aromatic N) is 2. The maximum atomic E-state index is 12.7. The number of methoxy groups -OCH3 is 1. The Bertz CT molecular complexity index is 676. The van der Waals surface area contributed by atoms with Gasteiger partial charge >= 0.3 is 0 Å². The zero-order chi connectivity index (χ0) is 16.9. The molecular weight excluding hydrogens is 320 g/mol. The molecule has 0 radical (unpaired) electrons. The van der Waals surface area contributed by atoms with Crippen molar-refractivity contribution in [2.45, 2.75) is 29.5 Å². The van der Waals surface area contributed by atoms with Crippen molar-refractivity contribution in [2.75, 3.05) is 20.2 Å². The van der Waals surface area contributed by atoms with Crippen LogP contribution in [0.2, 0.25) is 0 Å². The Kier molecular flexibility index (Phi) is 5.41. The van der Waals surface area contributed by atoms with E-state index in [2.05, 4.69) is 17.1 Å². The molecule has 1 fully saturated rings. The van der Waals surface area contributed by atoms with Gasteiger partial charge in [0.1, 0.15) is 5.75 Å². The highest BCUT2D eigenvalue weighted by Gasteiger charge is 2.30. The number of thioether (sulfide) groups is 1. The van der Waals surface area contributed by atoms with Gasteiger partial charge in [-0.25, -0.2) is 4.98 Å². The summed E-state index contributed by atoms with van der Waals surface area (Å²) in [6, 6.07) is 13.9. The van der Waals surface area contributed by atoms with Crippen LogP contribution in [0.15, 0.2) is 53.7 Å². The molecule has 1 amide bonds. The van der Waals surface area contributed by atoms with Crippen molar-refractivity contribution in [3.8, 4) is 5.75 Å². The number of hydrogen-bond donors (Lipinski definition) is 0. The first-order chi connectivity index (χ1) is 11.7. The molecule has 126 valence electrons. The Morgan fingerprint density at radius 3 is 2.75 bits per heavy atom. The molecule has 1 aromatic heterocycles. The van der Waals surface area contributed by atoms with Crippen molar-refractivity contribution < 1.29 is 9.53 Å². The zero-order valence-corrected chi connectivity index (χ0v) is 14.8. The van der Waals surface area contributed by atoms with Crippen LogP contribution in [0.5, 0.6) is 5.75 Å². The topological polar surface area (TPSA) is 42.4 Å². The Balaban J connectivity index is 1.58. The molecule has 0 spiro atoms. The number of aromatic nitrogens is 1. The van der Waals surface area contributed by atoms with Gasteiger partial charge in [0.05, 0.1) is 17.4 Å². The molecule has 2 atom stereocenters. The summed E-state index contributed by atoms with van der Waals surface area (Å²) in [6.07, 6.45) is 2.77. The average molecular weight is 342 g/mol. The maximum Gasteiger partial charge on any atom is 0.235 e. The normalized spacial score (nSPS) is 18.4. The van der Waals surface area contributed by atoms with Crippen molar-refractivity contribution in [2.24, 2.45) is 0 Å². The van der Waals surface area contributed by atoms with E-state index in [9.17, 15) is 4.79 Å². The predicted octanol–water partition coefficient (Wildman–Crippen LogP) is 3.59. The van der Waals surface area contributed by atoms with Gasteiger partial charge in [0.25, 0.3) is 0 Å². The van der Waals surface area contributed by atoms with Crippen molar-refractivity contribution in [1.29, 1.82) is 0 Å². The summed E-state index contributed by atoms with van der Waals surface area (Å²) >= 11 is 1.52. The van der Waals surface area contributed by atoms with Crippen molar-refractivity contribution in [3.05, 3.63) is 54.2 Å². The highest BCUT2D eigenvalue weighted by atomic mass is 32.2. The molecule has 2 aromatic rings. The van der Waals surface area contributed by atoms with Crippen LogP contribution in [0.1, 0.15) is 24.8 Å². The summed E-state index contributed by atoms with van der Waals surface area (Å²) in [5.74, 6) is 1.47. The summed E-state index contributed by atoms with van der Waals surface area (Å²) in [5.41, 5.74) is 1.27. The zero-order valence-electron chi connectivity index (χ0n) is 14.0. The third kappa shape index (κ3) is 3.90. The van der Waals surface area contributed by atoms with Crippen molar-refractivity contribution in [1.82, 2.24) is 9.88 Å². The number of benzene rings is 1. The standard InChI is InChI=1S/C19H22N2O2S/c1-14(24-18-5-3-4-11-20-18)19(22)21-12-10-16(13-21)15-6-8-17(23-2)9-7-15/h3-9,11,14,16H,10,12-13H2,1-2H3/t14-,16-/m1/s1. The minimum Gasteiger partial charge on any atom is -0.497 e. The molecule has 24 heavy (non-hydrogen) atoms. The largest absolute Gasteiger partial charge is 0.497 e. The lowest BCUT2D eigenvalue weighted by atomic mass is 9.98. The van der Waals surface area contributed by atoms with Crippen LogP contribution >= 0.6 is 11.8 Å². The van der Waals surface area contributed by atoms with Crippen LogP contribution in [-0.4, -0.2) is 41.2 Å². The Morgan fingerprint density at radius 1 is 1.29 bits per heavy atom. The Hall–Kier alpha value is -2.01. The first-order valence-corrected chi connectivity index (χ1v) is 9.06. The van der Waals surface area contributed by atoms with Gasteiger partial charge in [-0.1, -0.05) is 30.0 Å². The second-order valence-corrected chi connectivity index (χ2v) is 7.33. The molecule has 5 heteroatoms. The molecule has 1 aliphatic heterocycles. The number of carbonyl (C=O) groups is 1. The summed E-state index contributed by atoms with van der Waals surface area (Å²) in [7, 11) is 1.67. The SMILES string of the molecule is COc1ccc([C@@H]2CCN(C(=O)[C@@H](C)Sc3ccccn3)C2)cc1. The number of amides is 1. The van der Waals surface area contributed by atoms with Gasteiger partial charge < -0.3 is 9.64 Å². The van der Waals surface area contributed by atoms with E-state index in [1.165, 1.54) is 17.3 Å². The van der Waals surface area contributed by atoms with E-state index < -0.39 is 0 Å². The first-order valence-electron chi connectivity index (χ1n) is 8.18. The predicted molar refractivity (Wildman–Crippen MR) is 96.5 cm³/mol. The lowest BCUT2D eigenvalue weighted by Gasteiger charge is -2.20. The van der Waals surface area contributed by atoms with Gasteiger partial charge in [-0.2, -0.15) is 0 Å². The lowest BCUT2D eigenvalue weighted by molar-refractivity contribution is -0.129. The highest BCUT2D eigenvalue weighted by molar-refractivity contribution is 8.00. The minimum atomic E-state index is -0.116. The fourth-order valence-electron chi connectivity index (χ4n) is 3.01. The van der Waals surface area contributed by atoms with E-state index in [0.29, 0.717) is 5.92 Å². The Labute approximate surface area is 147 Å². The van der Waals surface area contributed by atoms with Crippen LogP contribution in [-0.2, 0) is 4.79 Å². The molecule has 0 saturated carbocycles. The third-order valence-electron chi connectivity index (χ3n) is 4.37. The lowest BCUT2D eigenvalue weighted by Crippen LogP contribution is -2.34. The second-order valence-electron chi connectivity index (χ2n) is 5.97. The fraction of sp³-hybridized carbons (Fsp3) is 0.368. The summed E-state index contributed by atoms with van der Waals surface area (Å²) in [4.78, 5) is 19.0. The molecular formula is C19H22N2O2S. The molecule has 0 aliphatic carbocycles. The molecule has 2 heterocycles. The van der Waals surface area contributed by atoms with Crippen LogP contribution < -0.4 is 4.74 Å². The molecule has 1 aliphatic rings. The number of pyridine rings is 1. The van der Waals surface area contributed by atoms with Gasteiger partial charge in [0.2, 0.25) is 5.91 Å². The fourth-order valence-corrected chi connectivity index (χ4v) is 3.91. The third-order valence-corrected chi connectivity index (χ3v) is 5.41. The summed E-state index contributed by atoms with van der Waals surface area (Å²) in [6.45, 7) is 3.57. The van der Waals surface area contributed by atoms with Crippen molar-refractivity contribution in [3.63, 3.8) is 0 Å². The smallest absolute Gasteiger partial charge is 0.235 e. The van der Waals surface area contributed by atoms with Gasteiger partial charge in [-0.15, -0.1) is 0 Å². The summed E-state index contributed by atoms with van der Waals surface area (Å²) in [5, 5.41) is 0.777. The van der Waals surface area contributed by atoms with Crippen LogP contribution in [0.4, 0.5) is 0 Å². The van der Waals surface area contributed by atoms with E-state index in [0.717, 1.165) is 30.3 Å². The van der Waals surface area contributed by atoms with E-state index in [1.54, 1.807) is 13.3 Å². The van der Waals surface area contributed by atoms with E-state index in [1.807, 2.05) is 42.2 Å². The van der Waals surface area contributed by atoms with Gasteiger partial charge in [-0.3, -0.25) is 4.79 Å². The van der Waals surface area contributed by atoms with E-state index in [4.69, 9.17) is 4.74 Å². The second kappa shape index (κ2) is 7.71. The number of ether oxygens (including phenoxy) is 1. The van der Waals surface area contributed by atoms with Crippen LogP contribution in [0.25, 0.3) is 0 Å². The molecule has 1 aromatic carbocycles. The number of hydrogen-bond acceptors (Lipinski definition) is 4. The monoisotopic (exact) mass is 342 g/mol. The van der Waals surface area contributed by atoms with Crippen molar-refractivity contribution >= 4 is 17.7 Å². The number of rotatable bonds is 5. The van der Waals surface area contributed by atoms with E-state index >= 15 is 0 Å². The Morgan fingerprint density at radius 2 is 2.08 bits per heavy atom. The molecule has 1 saturated heterocycles. The summed E-state index contributed by atoms with van der Waals surface area (Å²) < 4.78 is 5.21. The minimum absolute atomic E-state index is 0.116. The van der Waals surface area contributed by atoms with Crippen LogP contribution in [0, 0.1) is 0 Å². The average Bonchev–Trinajstić information content (AvgIpc) is 3.12. The first kappa shape index (κ1) is 16.8. The van der Waals surface area contributed by atoms with Gasteiger partial charge in [0.15, 0.2) is 0 Å². The quantitative estimate of drug-likeness (QED) is 0.779. The van der Waals surface area contributed by atoms with E-state index in [-0.39, 0.29) is 11.2 Å². The number of likely N-dealkylation sites (tertiary alicyclic amines) is 1.